The van der Waals surface area contributed by atoms with Crippen LogP contribution in [0.2, 0.25) is 5.02 Å². The lowest BCUT2D eigenvalue weighted by Gasteiger charge is -2.37. The van der Waals surface area contributed by atoms with E-state index in [2.05, 4.69) is 97.2 Å². The molecular weight excluding hydrogens is 516 g/mol. The molecule has 5 heteroatoms. The molecule has 0 aromatic heterocycles. The number of aryl methyl sites for hydroxylation is 1. The molecule has 40 heavy (non-hydrogen) atoms. The van der Waals surface area contributed by atoms with E-state index in [1.807, 2.05) is 25.3 Å². The highest BCUT2D eigenvalue weighted by Gasteiger charge is 2.37. The van der Waals surface area contributed by atoms with Crippen LogP contribution < -0.4 is 14.8 Å². The van der Waals surface area contributed by atoms with Gasteiger partial charge in [0.2, 0.25) is 0 Å². The summed E-state index contributed by atoms with van der Waals surface area (Å²) in [6.45, 7) is 4.94. The van der Waals surface area contributed by atoms with Gasteiger partial charge < -0.3 is 14.8 Å². The van der Waals surface area contributed by atoms with Crippen LogP contribution in [0.4, 0.5) is 11.4 Å². The Bertz CT molecular complexity index is 1540. The molecule has 202 valence electrons. The average molecular weight is 549 g/mol. The third kappa shape index (κ3) is 5.50. The van der Waals surface area contributed by atoms with Crippen LogP contribution in [0.15, 0.2) is 102 Å². The zero-order valence-electron chi connectivity index (χ0n) is 22.8. The fourth-order valence-electron chi connectivity index (χ4n) is 5.70. The van der Waals surface area contributed by atoms with E-state index in [9.17, 15) is 0 Å². The smallest absolute Gasteiger partial charge is 0.180 e. The number of rotatable bonds is 8. The van der Waals surface area contributed by atoms with Gasteiger partial charge in [0, 0.05) is 17.8 Å². The molecule has 1 aliphatic heterocycles. The second-order valence-corrected chi connectivity index (χ2v) is 10.9. The molecule has 0 saturated heterocycles. The highest BCUT2D eigenvalue weighted by atomic mass is 35.5. The van der Waals surface area contributed by atoms with Crippen molar-refractivity contribution >= 4 is 29.2 Å². The number of anilines is 1. The maximum Gasteiger partial charge on any atom is 0.180 e. The van der Waals surface area contributed by atoms with Gasteiger partial charge in [0.15, 0.2) is 11.5 Å². The van der Waals surface area contributed by atoms with Gasteiger partial charge in [0.25, 0.3) is 0 Å². The summed E-state index contributed by atoms with van der Waals surface area (Å²) < 4.78 is 12.0. The Morgan fingerprint density at radius 1 is 0.975 bits per heavy atom. The molecule has 0 spiro atoms. The molecule has 1 aliphatic carbocycles. The lowest BCUT2D eigenvalue weighted by Crippen LogP contribution is -2.28. The maximum absolute atomic E-state index is 6.65. The average Bonchev–Trinajstić information content (AvgIpc) is 3.47. The first-order valence-electron chi connectivity index (χ1n) is 13.9. The molecule has 4 nitrogen and oxygen atoms in total. The maximum atomic E-state index is 6.65. The zero-order chi connectivity index (χ0) is 27.5. The van der Waals surface area contributed by atoms with Gasteiger partial charge in [-0.05, 0) is 78.8 Å². The molecule has 0 fully saturated rings. The normalized spacial score (nSPS) is 19.2. The molecule has 4 aromatic rings. The van der Waals surface area contributed by atoms with Crippen LogP contribution in [0.5, 0.6) is 11.5 Å². The Balaban J connectivity index is 1.17. The van der Waals surface area contributed by atoms with Gasteiger partial charge in [-0.2, -0.15) is 0 Å². The summed E-state index contributed by atoms with van der Waals surface area (Å²) in [4.78, 5) is 4.73. The first-order chi connectivity index (χ1) is 19.6. The largest absolute Gasteiger partial charge is 0.490 e. The number of benzene rings is 4. The summed E-state index contributed by atoms with van der Waals surface area (Å²) in [7, 11) is 0. The van der Waals surface area contributed by atoms with Crippen molar-refractivity contribution in [1.29, 1.82) is 0 Å². The Morgan fingerprint density at radius 3 is 2.58 bits per heavy atom. The van der Waals surface area contributed by atoms with E-state index in [4.69, 9.17) is 26.1 Å². The quantitative estimate of drug-likeness (QED) is 0.176. The molecule has 0 saturated carbocycles. The van der Waals surface area contributed by atoms with Crippen molar-refractivity contribution in [3.05, 3.63) is 130 Å². The van der Waals surface area contributed by atoms with Crippen molar-refractivity contribution in [2.45, 2.75) is 38.8 Å². The third-order valence-corrected chi connectivity index (χ3v) is 8.00. The van der Waals surface area contributed by atoms with E-state index >= 15 is 0 Å². The van der Waals surface area contributed by atoms with Crippen LogP contribution in [-0.4, -0.2) is 12.8 Å². The minimum atomic E-state index is 0.271. The molecule has 3 atom stereocenters. The van der Waals surface area contributed by atoms with Crippen molar-refractivity contribution in [3.63, 3.8) is 0 Å². The fourth-order valence-corrected chi connectivity index (χ4v) is 5.97. The number of nitrogens with one attached hydrogen (secondary N) is 1. The molecule has 0 bridgehead atoms. The van der Waals surface area contributed by atoms with E-state index in [0.717, 1.165) is 23.2 Å². The Labute approximate surface area is 241 Å². The third-order valence-electron chi connectivity index (χ3n) is 7.72. The Hall–Kier alpha value is -4.02. The number of aliphatic imine (C=N–C) groups is 1. The predicted molar refractivity (Wildman–Crippen MR) is 165 cm³/mol. The molecule has 1 heterocycles. The van der Waals surface area contributed by atoms with Crippen molar-refractivity contribution in [2.24, 2.45) is 10.9 Å². The fraction of sp³-hybridized carbons (Fsp3) is 0.229. The van der Waals surface area contributed by atoms with Gasteiger partial charge in [-0.1, -0.05) is 83.9 Å². The van der Waals surface area contributed by atoms with Crippen molar-refractivity contribution in [3.8, 4) is 11.5 Å². The van der Waals surface area contributed by atoms with E-state index in [1.165, 1.54) is 22.4 Å². The predicted octanol–water partition coefficient (Wildman–Crippen LogP) is 9.20. The van der Waals surface area contributed by atoms with E-state index < -0.39 is 0 Å². The van der Waals surface area contributed by atoms with Crippen molar-refractivity contribution < 1.29 is 9.47 Å². The summed E-state index contributed by atoms with van der Waals surface area (Å²) in [5.41, 5.74) is 7.94. The summed E-state index contributed by atoms with van der Waals surface area (Å²) in [5, 5.41) is 4.29. The monoisotopic (exact) mass is 548 g/mol. The second kappa shape index (κ2) is 11.6. The highest BCUT2D eigenvalue weighted by molar-refractivity contribution is 6.32. The van der Waals surface area contributed by atoms with Crippen LogP contribution in [-0.2, 0) is 6.61 Å². The molecule has 0 amide bonds. The topological polar surface area (TPSA) is 42.8 Å². The van der Waals surface area contributed by atoms with Gasteiger partial charge >= 0.3 is 0 Å². The summed E-state index contributed by atoms with van der Waals surface area (Å²) >= 11 is 6.65. The standard InChI is InChI=1S/C35H33ClN2O2/c1-3-39-33-20-25(19-31(36)35(33)40-22-24-13-11-23(2)12-14-24)21-37-27-17-15-26(16-18-27)34-30-9-6-8-28(30)29-7-4-5-10-32(29)38-34/h4-8,10-21,28,30,34,38H,3,9,22H2,1-2H3/t28-,30+,34+/m1/s1. The number of ether oxygens (including phenoxy) is 2. The number of allylic oxidation sites excluding steroid dienone is 2. The van der Waals surface area contributed by atoms with E-state index in [-0.39, 0.29) is 6.04 Å². The molecule has 1 N–H and O–H groups in total. The van der Waals surface area contributed by atoms with Crippen LogP contribution >= 0.6 is 11.6 Å². The molecule has 6 rings (SSSR count). The lowest BCUT2D eigenvalue weighted by molar-refractivity contribution is 0.269. The van der Waals surface area contributed by atoms with Gasteiger partial charge in [-0.3, -0.25) is 4.99 Å². The second-order valence-electron chi connectivity index (χ2n) is 10.4. The Kier molecular flexibility index (Phi) is 7.61. The van der Waals surface area contributed by atoms with E-state index in [1.54, 1.807) is 0 Å². The number of halogens is 1. The van der Waals surface area contributed by atoms with Crippen molar-refractivity contribution in [2.75, 3.05) is 11.9 Å². The summed E-state index contributed by atoms with van der Waals surface area (Å²) in [6.07, 6.45) is 7.60. The number of hydrogen-bond acceptors (Lipinski definition) is 4. The summed E-state index contributed by atoms with van der Waals surface area (Å²) in [6, 6.07) is 29.5. The van der Waals surface area contributed by atoms with Crippen molar-refractivity contribution in [1.82, 2.24) is 0 Å². The first kappa shape index (κ1) is 26.2. The van der Waals surface area contributed by atoms with Gasteiger partial charge in [-0.15, -0.1) is 0 Å². The zero-order valence-corrected chi connectivity index (χ0v) is 23.6. The minimum absolute atomic E-state index is 0.271. The van der Waals surface area contributed by atoms with E-state index in [0.29, 0.717) is 41.6 Å². The number of nitrogens with zero attached hydrogens (tertiary/aromatic N) is 1. The molecule has 2 aliphatic rings. The van der Waals surface area contributed by atoms with Gasteiger partial charge in [0.05, 0.1) is 23.4 Å². The number of fused-ring (bicyclic) bond motifs is 3. The molecular formula is C35H33ClN2O2. The van der Waals surface area contributed by atoms with Crippen LogP contribution in [0.1, 0.15) is 53.1 Å². The van der Waals surface area contributed by atoms with Gasteiger partial charge in [-0.25, -0.2) is 0 Å². The molecule has 4 aromatic carbocycles. The van der Waals surface area contributed by atoms with Crippen LogP contribution in [0.25, 0.3) is 0 Å². The SMILES string of the molecule is CCOc1cc(C=Nc2ccc([C@@H]3Nc4ccccc4[C@H]4C=CC[C@@H]43)cc2)cc(Cl)c1OCc1ccc(C)cc1. The summed E-state index contributed by atoms with van der Waals surface area (Å²) in [5.74, 6) is 2.15. The highest BCUT2D eigenvalue weighted by Crippen LogP contribution is 2.49. The number of para-hydroxylation sites is 1. The number of hydrogen-bond donors (Lipinski definition) is 1. The molecule has 0 radical (unpaired) electrons. The van der Waals surface area contributed by atoms with Gasteiger partial charge in [0.1, 0.15) is 6.61 Å². The van der Waals surface area contributed by atoms with Crippen LogP contribution in [0.3, 0.4) is 0 Å². The minimum Gasteiger partial charge on any atom is -0.490 e. The Morgan fingerprint density at radius 2 is 1.77 bits per heavy atom. The molecule has 0 unspecified atom stereocenters. The van der Waals surface area contributed by atoms with Crippen LogP contribution in [0, 0.1) is 12.8 Å². The lowest BCUT2D eigenvalue weighted by atomic mass is 9.77. The first-order valence-corrected chi connectivity index (χ1v) is 14.3.